The maximum Gasteiger partial charge on any atom is -0.00141 e. The standard InChI is InChI=1S/C22H15/c1-2-8-17(9-3-1)19-12-6-13-20(16-19)22-15-7-11-18-10-4-5-14-21(18)22/h1-15H. The van der Waals surface area contributed by atoms with E-state index in [0.717, 1.165) is 11.1 Å². The molecule has 4 aromatic rings. The molecule has 0 aromatic heterocycles. The summed E-state index contributed by atoms with van der Waals surface area (Å²) in [6, 6.07) is 35.3. The smallest absolute Gasteiger partial charge is 0.00141 e. The zero-order valence-corrected chi connectivity index (χ0v) is 12.2. The van der Waals surface area contributed by atoms with Crippen LogP contribution in [-0.2, 0) is 0 Å². The van der Waals surface area contributed by atoms with E-state index in [4.69, 9.17) is 0 Å². The number of rotatable bonds is 2. The van der Waals surface area contributed by atoms with E-state index >= 15 is 0 Å². The van der Waals surface area contributed by atoms with Crippen molar-refractivity contribution in [2.24, 2.45) is 0 Å². The van der Waals surface area contributed by atoms with Crippen molar-refractivity contribution in [3.8, 4) is 22.3 Å². The highest BCUT2D eigenvalue weighted by Crippen LogP contribution is 2.30. The first-order valence-electron chi connectivity index (χ1n) is 7.48. The van der Waals surface area contributed by atoms with E-state index in [2.05, 4.69) is 91.0 Å². The van der Waals surface area contributed by atoms with Gasteiger partial charge in [-0.1, -0.05) is 91.0 Å². The molecule has 0 saturated carbocycles. The summed E-state index contributed by atoms with van der Waals surface area (Å²) >= 11 is 0. The molecule has 0 fully saturated rings. The fourth-order valence-corrected chi connectivity index (χ4v) is 2.87. The molecule has 0 aliphatic heterocycles. The van der Waals surface area contributed by atoms with Crippen LogP contribution in [0.2, 0.25) is 0 Å². The number of hydrogen-bond acceptors (Lipinski definition) is 0. The van der Waals surface area contributed by atoms with Gasteiger partial charge in [0.15, 0.2) is 0 Å². The highest BCUT2D eigenvalue weighted by molar-refractivity contribution is 5.97. The maximum atomic E-state index is 3.57. The SMILES string of the molecule is [c]1c(-c2ccccc2)cccc1-c1cccc2ccccc12. The van der Waals surface area contributed by atoms with Crippen molar-refractivity contribution in [3.63, 3.8) is 0 Å². The molecule has 0 heterocycles. The fourth-order valence-electron chi connectivity index (χ4n) is 2.87. The van der Waals surface area contributed by atoms with Gasteiger partial charge in [-0.25, -0.2) is 0 Å². The quantitative estimate of drug-likeness (QED) is 0.424. The van der Waals surface area contributed by atoms with Gasteiger partial charge in [0.1, 0.15) is 0 Å². The van der Waals surface area contributed by atoms with Gasteiger partial charge in [-0.05, 0) is 39.1 Å². The lowest BCUT2D eigenvalue weighted by molar-refractivity contribution is 1.59. The first kappa shape index (κ1) is 12.8. The Bertz CT molecular complexity index is 915. The van der Waals surface area contributed by atoms with Crippen molar-refractivity contribution in [2.45, 2.75) is 0 Å². The predicted molar refractivity (Wildman–Crippen MR) is 93.7 cm³/mol. The Kier molecular flexibility index (Phi) is 3.21. The van der Waals surface area contributed by atoms with Crippen LogP contribution >= 0.6 is 0 Å². The Morgan fingerprint density at radius 3 is 2.09 bits per heavy atom. The van der Waals surface area contributed by atoms with Crippen LogP contribution in [0.25, 0.3) is 33.0 Å². The minimum absolute atomic E-state index is 1.13. The molecule has 0 spiro atoms. The number of benzene rings is 4. The van der Waals surface area contributed by atoms with Crippen LogP contribution in [0.3, 0.4) is 0 Å². The van der Waals surface area contributed by atoms with Crippen molar-refractivity contribution in [2.75, 3.05) is 0 Å². The minimum Gasteiger partial charge on any atom is -0.0622 e. The minimum atomic E-state index is 1.13. The van der Waals surface area contributed by atoms with E-state index in [1.807, 2.05) is 6.07 Å². The molecule has 4 rings (SSSR count). The predicted octanol–water partition coefficient (Wildman–Crippen LogP) is 5.97. The van der Waals surface area contributed by atoms with Gasteiger partial charge in [0.2, 0.25) is 0 Å². The average Bonchev–Trinajstić information content (AvgIpc) is 2.62. The molecule has 0 nitrogen and oxygen atoms in total. The monoisotopic (exact) mass is 279 g/mol. The van der Waals surface area contributed by atoms with E-state index in [1.54, 1.807) is 0 Å². The van der Waals surface area contributed by atoms with Crippen LogP contribution in [0.1, 0.15) is 0 Å². The summed E-state index contributed by atoms with van der Waals surface area (Å²) in [5.41, 5.74) is 4.70. The zero-order chi connectivity index (χ0) is 14.8. The van der Waals surface area contributed by atoms with Crippen LogP contribution in [0.5, 0.6) is 0 Å². The Morgan fingerprint density at radius 1 is 0.500 bits per heavy atom. The van der Waals surface area contributed by atoms with Gasteiger partial charge in [0.25, 0.3) is 0 Å². The topological polar surface area (TPSA) is 0 Å². The molecule has 0 atom stereocenters. The number of fused-ring (bicyclic) bond motifs is 1. The third kappa shape index (κ3) is 2.29. The molecular formula is C22H15. The third-order valence-electron chi connectivity index (χ3n) is 3.96. The highest BCUT2D eigenvalue weighted by atomic mass is 14.1. The molecular weight excluding hydrogens is 264 g/mol. The summed E-state index contributed by atoms with van der Waals surface area (Å²) < 4.78 is 0. The molecule has 0 amide bonds. The summed E-state index contributed by atoms with van der Waals surface area (Å²) in [6.07, 6.45) is 0. The van der Waals surface area contributed by atoms with Gasteiger partial charge in [0, 0.05) is 0 Å². The van der Waals surface area contributed by atoms with Crippen LogP contribution in [0.4, 0.5) is 0 Å². The van der Waals surface area contributed by atoms with Crippen LogP contribution in [0, 0.1) is 6.07 Å². The first-order chi connectivity index (χ1) is 10.9. The molecule has 1 radical (unpaired) electrons. The van der Waals surface area contributed by atoms with Crippen molar-refractivity contribution in [1.29, 1.82) is 0 Å². The van der Waals surface area contributed by atoms with E-state index in [1.165, 1.54) is 21.9 Å². The molecule has 0 unspecified atom stereocenters. The van der Waals surface area contributed by atoms with Gasteiger partial charge < -0.3 is 0 Å². The lowest BCUT2D eigenvalue weighted by atomic mass is 9.95. The zero-order valence-electron chi connectivity index (χ0n) is 12.2. The second-order valence-electron chi connectivity index (χ2n) is 5.37. The van der Waals surface area contributed by atoms with Crippen LogP contribution < -0.4 is 0 Å². The largest absolute Gasteiger partial charge is 0.0622 e. The summed E-state index contributed by atoms with van der Waals surface area (Å²) in [7, 11) is 0. The van der Waals surface area contributed by atoms with Gasteiger partial charge in [0.05, 0.1) is 0 Å². The number of hydrogen-bond donors (Lipinski definition) is 0. The Balaban J connectivity index is 1.89. The highest BCUT2D eigenvalue weighted by Gasteiger charge is 2.05. The summed E-state index contributed by atoms with van der Waals surface area (Å²) in [5.74, 6) is 0. The molecule has 22 heavy (non-hydrogen) atoms. The van der Waals surface area contributed by atoms with Crippen LogP contribution in [-0.4, -0.2) is 0 Å². The molecule has 0 heteroatoms. The second-order valence-corrected chi connectivity index (χ2v) is 5.37. The van der Waals surface area contributed by atoms with Gasteiger partial charge in [-0.2, -0.15) is 0 Å². The van der Waals surface area contributed by atoms with E-state index in [-0.39, 0.29) is 0 Å². The molecule has 0 N–H and O–H groups in total. The molecule has 0 saturated heterocycles. The molecule has 0 aliphatic carbocycles. The Morgan fingerprint density at radius 2 is 1.18 bits per heavy atom. The normalized spacial score (nSPS) is 10.7. The average molecular weight is 279 g/mol. The van der Waals surface area contributed by atoms with Gasteiger partial charge in [-0.3, -0.25) is 0 Å². The lowest BCUT2D eigenvalue weighted by Gasteiger charge is -2.08. The van der Waals surface area contributed by atoms with Gasteiger partial charge in [-0.15, -0.1) is 0 Å². The fraction of sp³-hybridized carbons (Fsp3) is 0. The third-order valence-corrected chi connectivity index (χ3v) is 3.96. The van der Waals surface area contributed by atoms with E-state index < -0.39 is 0 Å². The Hall–Kier alpha value is -2.86. The summed E-state index contributed by atoms with van der Waals surface area (Å²) in [6.45, 7) is 0. The Labute approximate surface area is 130 Å². The first-order valence-corrected chi connectivity index (χ1v) is 7.48. The van der Waals surface area contributed by atoms with Crippen molar-refractivity contribution in [3.05, 3.63) is 97.1 Å². The van der Waals surface area contributed by atoms with Crippen molar-refractivity contribution >= 4 is 10.8 Å². The summed E-state index contributed by atoms with van der Waals surface area (Å²) in [4.78, 5) is 0. The van der Waals surface area contributed by atoms with E-state index in [0.29, 0.717) is 0 Å². The maximum absolute atomic E-state index is 3.57. The van der Waals surface area contributed by atoms with E-state index in [9.17, 15) is 0 Å². The van der Waals surface area contributed by atoms with Crippen molar-refractivity contribution in [1.82, 2.24) is 0 Å². The molecule has 0 aliphatic rings. The van der Waals surface area contributed by atoms with Crippen molar-refractivity contribution < 1.29 is 0 Å². The second kappa shape index (κ2) is 5.50. The van der Waals surface area contributed by atoms with Crippen LogP contribution in [0.15, 0.2) is 91.0 Å². The summed E-state index contributed by atoms with van der Waals surface area (Å²) in [5, 5.41) is 2.53. The van der Waals surface area contributed by atoms with Gasteiger partial charge >= 0.3 is 0 Å². The molecule has 103 valence electrons. The lowest BCUT2D eigenvalue weighted by Crippen LogP contribution is -1.84. The molecule has 0 bridgehead atoms. The molecule has 4 aromatic carbocycles.